The van der Waals surface area contributed by atoms with Crippen molar-refractivity contribution in [3.05, 3.63) is 48.0 Å². The Kier molecular flexibility index (Phi) is 2.91. The lowest BCUT2D eigenvalue weighted by Gasteiger charge is -2.16. The van der Waals surface area contributed by atoms with Crippen molar-refractivity contribution < 1.29 is 9.53 Å². The number of benzene rings is 1. The van der Waals surface area contributed by atoms with Crippen LogP contribution in [0.3, 0.4) is 0 Å². The van der Waals surface area contributed by atoms with Crippen LogP contribution < -0.4 is 0 Å². The van der Waals surface area contributed by atoms with E-state index in [1.165, 1.54) is 0 Å². The van der Waals surface area contributed by atoms with Gasteiger partial charge in [-0.2, -0.15) is 0 Å². The summed E-state index contributed by atoms with van der Waals surface area (Å²) in [5.74, 6) is -0.277. The molecule has 2 unspecified atom stereocenters. The Bertz CT molecular complexity index is 370. The average Bonchev–Trinajstić information content (AvgIpc) is 2.59. The zero-order valence-corrected chi connectivity index (χ0v) is 9.74. The zero-order valence-electron chi connectivity index (χ0n) is 8.15. The lowest BCUT2D eigenvalue weighted by Crippen LogP contribution is -2.13. The predicted molar refractivity (Wildman–Crippen MR) is 61.7 cm³/mol. The Balaban J connectivity index is 2.13. The summed E-state index contributed by atoms with van der Waals surface area (Å²) in [6.45, 7) is 3.67. The molecule has 0 aromatic heterocycles. The monoisotopic (exact) mass is 266 g/mol. The summed E-state index contributed by atoms with van der Waals surface area (Å²) in [5.41, 5.74) is 1.67. The van der Waals surface area contributed by atoms with E-state index in [1.807, 2.05) is 30.3 Å². The molecule has 2 rings (SSSR count). The third-order valence-corrected chi connectivity index (χ3v) is 3.56. The van der Waals surface area contributed by atoms with E-state index in [0.29, 0.717) is 12.0 Å². The highest BCUT2D eigenvalue weighted by molar-refractivity contribution is 9.09. The van der Waals surface area contributed by atoms with Gasteiger partial charge in [0.1, 0.15) is 6.10 Å². The second kappa shape index (κ2) is 4.19. The molecule has 2 nitrogen and oxygen atoms in total. The minimum Gasteiger partial charge on any atom is -0.457 e. The van der Waals surface area contributed by atoms with Crippen molar-refractivity contribution in [2.24, 2.45) is 0 Å². The van der Waals surface area contributed by atoms with Gasteiger partial charge in [0, 0.05) is 12.0 Å². The summed E-state index contributed by atoms with van der Waals surface area (Å²) in [4.78, 5) is 11.2. The Hall–Kier alpha value is -1.09. The van der Waals surface area contributed by atoms with Gasteiger partial charge in [-0.1, -0.05) is 52.8 Å². The van der Waals surface area contributed by atoms with Gasteiger partial charge in [-0.05, 0) is 5.56 Å². The van der Waals surface area contributed by atoms with Crippen LogP contribution in [0.15, 0.2) is 42.5 Å². The van der Waals surface area contributed by atoms with Crippen molar-refractivity contribution in [3.63, 3.8) is 0 Å². The van der Waals surface area contributed by atoms with Gasteiger partial charge in [0.05, 0.1) is 4.83 Å². The normalized spacial score (nSPS) is 22.6. The molecule has 78 valence electrons. The van der Waals surface area contributed by atoms with Gasteiger partial charge < -0.3 is 4.74 Å². The van der Waals surface area contributed by atoms with E-state index >= 15 is 0 Å². The first-order valence-electron chi connectivity index (χ1n) is 4.76. The maximum absolute atomic E-state index is 11.2. The van der Waals surface area contributed by atoms with Gasteiger partial charge in [0.15, 0.2) is 0 Å². The highest BCUT2D eigenvalue weighted by Gasteiger charge is 2.33. The summed E-state index contributed by atoms with van der Waals surface area (Å²) >= 11 is 3.55. The molecule has 1 aliphatic heterocycles. The second-order valence-corrected chi connectivity index (χ2v) is 4.55. The molecule has 1 fully saturated rings. The minimum atomic E-state index is -0.277. The van der Waals surface area contributed by atoms with E-state index in [2.05, 4.69) is 22.5 Å². The number of carbonyl (C=O) groups is 1. The van der Waals surface area contributed by atoms with Crippen molar-refractivity contribution in [1.29, 1.82) is 0 Å². The van der Waals surface area contributed by atoms with E-state index in [0.717, 1.165) is 5.56 Å². The van der Waals surface area contributed by atoms with Gasteiger partial charge >= 0.3 is 5.97 Å². The summed E-state index contributed by atoms with van der Waals surface area (Å²) < 4.78 is 5.20. The standard InChI is InChI=1S/C12H11BrO2/c1-8-7-10(15-12(8)14)11(13)9-5-3-2-4-6-9/h2-6,10-11H,1,7H2. The zero-order chi connectivity index (χ0) is 10.8. The summed E-state index contributed by atoms with van der Waals surface area (Å²) in [5, 5.41) is 0. The van der Waals surface area contributed by atoms with Crippen LogP contribution in [-0.2, 0) is 9.53 Å². The first kappa shape index (κ1) is 10.4. The molecule has 15 heavy (non-hydrogen) atoms. The third kappa shape index (κ3) is 2.12. The van der Waals surface area contributed by atoms with Crippen molar-refractivity contribution >= 4 is 21.9 Å². The molecule has 0 bridgehead atoms. The largest absolute Gasteiger partial charge is 0.457 e. The molecular formula is C12H11BrO2. The predicted octanol–water partition coefficient (Wildman–Crippen LogP) is 2.99. The van der Waals surface area contributed by atoms with Crippen LogP contribution in [0.2, 0.25) is 0 Å². The molecule has 1 aliphatic rings. The number of carbonyl (C=O) groups excluding carboxylic acids is 1. The van der Waals surface area contributed by atoms with E-state index < -0.39 is 0 Å². The van der Waals surface area contributed by atoms with Crippen LogP contribution in [0.25, 0.3) is 0 Å². The van der Waals surface area contributed by atoms with Crippen molar-refractivity contribution in [2.75, 3.05) is 0 Å². The molecule has 1 aromatic rings. The molecule has 0 aliphatic carbocycles. The van der Waals surface area contributed by atoms with Crippen LogP contribution >= 0.6 is 15.9 Å². The maximum atomic E-state index is 11.2. The Morgan fingerprint density at radius 1 is 1.40 bits per heavy atom. The van der Waals surface area contributed by atoms with Crippen molar-refractivity contribution in [2.45, 2.75) is 17.4 Å². The lowest BCUT2D eigenvalue weighted by atomic mass is 10.0. The molecule has 1 aromatic carbocycles. The van der Waals surface area contributed by atoms with Gasteiger partial charge in [-0.25, -0.2) is 4.79 Å². The maximum Gasteiger partial charge on any atom is 0.333 e. The van der Waals surface area contributed by atoms with Gasteiger partial charge in [0.2, 0.25) is 0 Å². The molecular weight excluding hydrogens is 256 g/mol. The molecule has 1 saturated heterocycles. The molecule has 0 saturated carbocycles. The fourth-order valence-electron chi connectivity index (χ4n) is 1.60. The Morgan fingerprint density at radius 3 is 2.60 bits per heavy atom. The van der Waals surface area contributed by atoms with E-state index in [4.69, 9.17) is 4.74 Å². The number of esters is 1. The molecule has 0 radical (unpaired) electrons. The Labute approximate surface area is 97.1 Å². The summed E-state index contributed by atoms with van der Waals surface area (Å²) in [6.07, 6.45) is 0.469. The number of ether oxygens (including phenoxy) is 1. The van der Waals surface area contributed by atoms with Crippen molar-refractivity contribution in [1.82, 2.24) is 0 Å². The first-order valence-corrected chi connectivity index (χ1v) is 5.68. The average molecular weight is 267 g/mol. The fourth-order valence-corrected chi connectivity index (χ4v) is 2.20. The van der Waals surface area contributed by atoms with Crippen molar-refractivity contribution in [3.8, 4) is 0 Å². The number of hydrogen-bond donors (Lipinski definition) is 0. The fraction of sp³-hybridized carbons (Fsp3) is 0.250. The topological polar surface area (TPSA) is 26.3 Å². The number of alkyl halides is 1. The molecule has 0 spiro atoms. The van der Waals surface area contributed by atoms with E-state index in [-0.39, 0.29) is 16.9 Å². The summed E-state index contributed by atoms with van der Waals surface area (Å²) in [6, 6.07) is 9.91. The SMILES string of the molecule is C=C1CC(C(Br)c2ccccc2)OC1=O. The van der Waals surface area contributed by atoms with Gasteiger partial charge in [0.25, 0.3) is 0 Å². The second-order valence-electron chi connectivity index (χ2n) is 3.56. The number of halogens is 1. The first-order chi connectivity index (χ1) is 7.18. The number of cyclic esters (lactones) is 1. The van der Waals surface area contributed by atoms with Crippen LogP contribution in [0.5, 0.6) is 0 Å². The van der Waals surface area contributed by atoms with Gasteiger partial charge in [-0.3, -0.25) is 0 Å². The molecule has 3 heteroatoms. The van der Waals surface area contributed by atoms with E-state index in [1.54, 1.807) is 0 Å². The molecule has 0 amide bonds. The summed E-state index contributed by atoms with van der Waals surface area (Å²) in [7, 11) is 0. The number of rotatable bonds is 2. The lowest BCUT2D eigenvalue weighted by molar-refractivity contribution is -0.138. The van der Waals surface area contributed by atoms with Crippen LogP contribution in [0, 0.1) is 0 Å². The van der Waals surface area contributed by atoms with Crippen LogP contribution in [0.4, 0.5) is 0 Å². The molecule has 2 atom stereocenters. The molecule has 0 N–H and O–H groups in total. The Morgan fingerprint density at radius 2 is 2.07 bits per heavy atom. The van der Waals surface area contributed by atoms with E-state index in [9.17, 15) is 4.79 Å². The molecule has 1 heterocycles. The van der Waals surface area contributed by atoms with Crippen LogP contribution in [0.1, 0.15) is 16.8 Å². The highest BCUT2D eigenvalue weighted by atomic mass is 79.9. The smallest absolute Gasteiger partial charge is 0.333 e. The third-order valence-electron chi connectivity index (χ3n) is 2.44. The highest BCUT2D eigenvalue weighted by Crippen LogP contribution is 2.35. The minimum absolute atomic E-state index is 0.0434. The quantitative estimate of drug-likeness (QED) is 0.467. The number of hydrogen-bond acceptors (Lipinski definition) is 2. The van der Waals surface area contributed by atoms with Crippen LogP contribution in [-0.4, -0.2) is 12.1 Å². The van der Waals surface area contributed by atoms with Gasteiger partial charge in [-0.15, -0.1) is 0 Å².